The summed E-state index contributed by atoms with van der Waals surface area (Å²) in [6.07, 6.45) is 4.44. The Bertz CT molecular complexity index is 1050. The van der Waals surface area contributed by atoms with E-state index in [0.29, 0.717) is 41.4 Å². The SMILES string of the molecule is COc1ccc([C@@H]2CC2COc2nc(C)ncc2-c2ccc(=O)n(C)n2)nc1. The highest BCUT2D eigenvalue weighted by Gasteiger charge is 2.40. The van der Waals surface area contributed by atoms with Gasteiger partial charge >= 0.3 is 0 Å². The Morgan fingerprint density at radius 1 is 1.18 bits per heavy atom. The first-order valence-electron chi connectivity index (χ1n) is 9.06. The van der Waals surface area contributed by atoms with Gasteiger partial charge in [0.1, 0.15) is 11.6 Å². The Hall–Kier alpha value is -3.29. The van der Waals surface area contributed by atoms with Crippen molar-refractivity contribution in [2.75, 3.05) is 13.7 Å². The molecule has 0 amide bonds. The van der Waals surface area contributed by atoms with E-state index in [1.807, 2.05) is 19.1 Å². The van der Waals surface area contributed by atoms with E-state index in [1.165, 1.54) is 10.7 Å². The molecule has 8 heteroatoms. The normalized spacial score (nSPS) is 18.0. The van der Waals surface area contributed by atoms with Crippen LogP contribution in [0.3, 0.4) is 0 Å². The van der Waals surface area contributed by atoms with Crippen molar-refractivity contribution >= 4 is 0 Å². The predicted octanol–water partition coefficient (Wildman–Crippen LogP) is 2.13. The highest BCUT2D eigenvalue weighted by molar-refractivity contribution is 5.63. The molecule has 0 aliphatic heterocycles. The molecule has 0 aromatic carbocycles. The van der Waals surface area contributed by atoms with E-state index in [9.17, 15) is 4.79 Å². The minimum atomic E-state index is -0.174. The van der Waals surface area contributed by atoms with Crippen molar-refractivity contribution in [3.63, 3.8) is 0 Å². The van der Waals surface area contributed by atoms with Crippen molar-refractivity contribution < 1.29 is 9.47 Å². The molecular formula is C20H21N5O3. The van der Waals surface area contributed by atoms with Crippen LogP contribution in [-0.2, 0) is 7.05 Å². The van der Waals surface area contributed by atoms with E-state index in [0.717, 1.165) is 17.9 Å². The molecular weight excluding hydrogens is 358 g/mol. The lowest BCUT2D eigenvalue weighted by Crippen LogP contribution is -2.18. The number of pyridine rings is 1. The number of hydrogen-bond acceptors (Lipinski definition) is 7. The van der Waals surface area contributed by atoms with E-state index in [-0.39, 0.29) is 5.56 Å². The zero-order valence-electron chi connectivity index (χ0n) is 16.0. The summed E-state index contributed by atoms with van der Waals surface area (Å²) in [6, 6.07) is 7.05. The van der Waals surface area contributed by atoms with E-state index < -0.39 is 0 Å². The second-order valence-corrected chi connectivity index (χ2v) is 6.85. The molecule has 3 aromatic heterocycles. The molecule has 1 aliphatic carbocycles. The monoisotopic (exact) mass is 379 g/mol. The summed E-state index contributed by atoms with van der Waals surface area (Å²) in [4.78, 5) is 24.7. The Morgan fingerprint density at radius 2 is 2.04 bits per heavy atom. The molecule has 4 rings (SSSR count). The molecule has 28 heavy (non-hydrogen) atoms. The van der Waals surface area contributed by atoms with Crippen molar-refractivity contribution in [3.05, 3.63) is 58.5 Å². The van der Waals surface area contributed by atoms with Crippen molar-refractivity contribution in [2.24, 2.45) is 13.0 Å². The molecule has 1 saturated carbocycles. The summed E-state index contributed by atoms with van der Waals surface area (Å²) in [7, 11) is 3.24. The maximum Gasteiger partial charge on any atom is 0.266 e. The van der Waals surface area contributed by atoms with Crippen molar-refractivity contribution in [3.8, 4) is 22.9 Å². The number of methoxy groups -OCH3 is 1. The fourth-order valence-corrected chi connectivity index (χ4v) is 3.09. The highest BCUT2D eigenvalue weighted by atomic mass is 16.5. The summed E-state index contributed by atoms with van der Waals surface area (Å²) in [5.41, 5.74) is 2.14. The average Bonchev–Trinajstić information content (AvgIpc) is 3.48. The van der Waals surface area contributed by atoms with Crippen LogP contribution in [0.2, 0.25) is 0 Å². The maximum absolute atomic E-state index is 11.6. The molecule has 1 aliphatic rings. The third-order valence-electron chi connectivity index (χ3n) is 4.84. The van der Waals surface area contributed by atoms with Gasteiger partial charge in [-0.2, -0.15) is 10.1 Å². The lowest BCUT2D eigenvalue weighted by molar-refractivity contribution is 0.285. The van der Waals surface area contributed by atoms with Crippen LogP contribution in [0, 0.1) is 12.8 Å². The third kappa shape index (κ3) is 3.71. The molecule has 0 saturated heterocycles. The van der Waals surface area contributed by atoms with Crippen molar-refractivity contribution in [1.29, 1.82) is 0 Å². The number of nitrogens with zero attached hydrogens (tertiary/aromatic N) is 5. The van der Waals surface area contributed by atoms with Crippen LogP contribution in [0.25, 0.3) is 11.3 Å². The standard InChI is InChI=1S/C20H21N5O3/c1-12-21-10-16(18-6-7-19(26)25(2)24-18)20(23-12)28-11-13-8-15(13)17-5-4-14(27-3)9-22-17/h4-7,9-10,13,15H,8,11H2,1-3H3/t13?,15-/m1/s1. The minimum Gasteiger partial charge on any atom is -0.495 e. The first-order chi connectivity index (χ1) is 13.5. The molecule has 8 nitrogen and oxygen atoms in total. The van der Waals surface area contributed by atoms with Gasteiger partial charge in [0.15, 0.2) is 0 Å². The van der Waals surface area contributed by atoms with Crippen LogP contribution < -0.4 is 15.0 Å². The molecule has 0 N–H and O–H groups in total. The summed E-state index contributed by atoms with van der Waals surface area (Å²) in [6.45, 7) is 2.35. The number of aryl methyl sites for hydroxylation is 2. The van der Waals surface area contributed by atoms with Gasteiger partial charge in [-0.15, -0.1) is 0 Å². The van der Waals surface area contributed by atoms with E-state index in [1.54, 1.807) is 32.6 Å². The van der Waals surface area contributed by atoms with Crippen LogP contribution in [0.1, 0.15) is 23.9 Å². The molecule has 0 radical (unpaired) electrons. The number of rotatable bonds is 6. The maximum atomic E-state index is 11.6. The lowest BCUT2D eigenvalue weighted by Gasteiger charge is -2.11. The summed E-state index contributed by atoms with van der Waals surface area (Å²) in [5, 5.41) is 4.28. The summed E-state index contributed by atoms with van der Waals surface area (Å²) < 4.78 is 12.5. The molecule has 0 bridgehead atoms. The van der Waals surface area contributed by atoms with Gasteiger partial charge in [0, 0.05) is 36.8 Å². The predicted molar refractivity (Wildman–Crippen MR) is 102 cm³/mol. The van der Waals surface area contributed by atoms with Gasteiger partial charge in [-0.3, -0.25) is 9.78 Å². The van der Waals surface area contributed by atoms with Crippen molar-refractivity contribution in [2.45, 2.75) is 19.3 Å². The number of ether oxygens (including phenoxy) is 2. The smallest absolute Gasteiger partial charge is 0.266 e. The van der Waals surface area contributed by atoms with Crippen molar-refractivity contribution in [1.82, 2.24) is 24.7 Å². The van der Waals surface area contributed by atoms with Gasteiger partial charge in [-0.05, 0) is 31.5 Å². The second kappa shape index (κ2) is 7.38. The van der Waals surface area contributed by atoms with Gasteiger partial charge < -0.3 is 9.47 Å². The zero-order valence-corrected chi connectivity index (χ0v) is 16.0. The molecule has 0 spiro atoms. The summed E-state index contributed by atoms with van der Waals surface area (Å²) >= 11 is 0. The molecule has 3 heterocycles. The van der Waals surface area contributed by atoms with Crippen LogP contribution in [0.5, 0.6) is 11.6 Å². The number of aromatic nitrogens is 5. The fourth-order valence-electron chi connectivity index (χ4n) is 3.09. The average molecular weight is 379 g/mol. The van der Waals surface area contributed by atoms with Gasteiger partial charge in [-0.1, -0.05) is 0 Å². The van der Waals surface area contributed by atoms with Crippen LogP contribution >= 0.6 is 0 Å². The van der Waals surface area contributed by atoms with Gasteiger partial charge in [0.25, 0.3) is 5.56 Å². The second-order valence-electron chi connectivity index (χ2n) is 6.85. The Kier molecular flexibility index (Phi) is 4.77. The highest BCUT2D eigenvalue weighted by Crippen LogP contribution is 2.47. The molecule has 2 atom stereocenters. The quantitative estimate of drug-likeness (QED) is 0.648. The molecule has 1 fully saturated rings. The van der Waals surface area contributed by atoms with Gasteiger partial charge in [0.05, 0.1) is 31.2 Å². The van der Waals surface area contributed by atoms with Crippen LogP contribution in [0.4, 0.5) is 0 Å². The Morgan fingerprint density at radius 3 is 2.75 bits per heavy atom. The topological polar surface area (TPSA) is 92.0 Å². The van der Waals surface area contributed by atoms with Crippen LogP contribution in [-0.4, -0.2) is 38.4 Å². The first-order valence-corrected chi connectivity index (χ1v) is 9.06. The zero-order chi connectivity index (χ0) is 19.7. The number of hydrogen-bond donors (Lipinski definition) is 0. The molecule has 144 valence electrons. The summed E-state index contributed by atoms with van der Waals surface area (Å²) in [5.74, 6) is 2.62. The van der Waals surface area contributed by atoms with Crippen LogP contribution in [0.15, 0.2) is 41.5 Å². The minimum absolute atomic E-state index is 0.174. The molecule has 3 aromatic rings. The Balaban J connectivity index is 1.48. The fraction of sp³-hybridized carbons (Fsp3) is 0.350. The molecule has 1 unspecified atom stereocenters. The van der Waals surface area contributed by atoms with E-state index in [2.05, 4.69) is 20.1 Å². The Labute approximate surface area is 162 Å². The van der Waals surface area contributed by atoms with Gasteiger partial charge in [0.2, 0.25) is 5.88 Å². The largest absolute Gasteiger partial charge is 0.495 e. The third-order valence-corrected chi connectivity index (χ3v) is 4.84. The lowest BCUT2D eigenvalue weighted by atomic mass is 10.2. The van der Waals surface area contributed by atoms with E-state index >= 15 is 0 Å². The first kappa shape index (κ1) is 18.1. The van der Waals surface area contributed by atoms with Gasteiger partial charge in [-0.25, -0.2) is 9.67 Å². The van der Waals surface area contributed by atoms with E-state index in [4.69, 9.17) is 9.47 Å².